The van der Waals surface area contributed by atoms with Gasteiger partial charge in [-0.2, -0.15) is 0 Å². The third-order valence-corrected chi connectivity index (χ3v) is 4.19. The number of hydrogen-bond donors (Lipinski definition) is 1. The van der Waals surface area contributed by atoms with Crippen LogP contribution in [0.1, 0.15) is 35.1 Å². The molecule has 17 heavy (non-hydrogen) atoms. The zero-order valence-electron chi connectivity index (χ0n) is 9.31. The Kier molecular flexibility index (Phi) is 2.77. The Bertz CT molecular complexity index is 550. The Labute approximate surface area is 109 Å². The van der Waals surface area contributed by atoms with Gasteiger partial charge in [-0.1, -0.05) is 58.4 Å². The second-order valence-corrected chi connectivity index (χ2v) is 5.31. The first-order valence-electron chi connectivity index (χ1n) is 5.78. The molecular weight excluding hydrogens is 276 g/mol. The highest BCUT2D eigenvalue weighted by Gasteiger charge is 2.30. The minimum absolute atomic E-state index is 0.303. The van der Waals surface area contributed by atoms with Crippen molar-refractivity contribution in [3.63, 3.8) is 0 Å². The molecule has 0 fully saturated rings. The molecule has 0 amide bonds. The van der Waals surface area contributed by atoms with Crippen molar-refractivity contribution < 1.29 is 5.11 Å². The van der Waals surface area contributed by atoms with Crippen molar-refractivity contribution in [2.24, 2.45) is 0 Å². The Balaban J connectivity index is 2.11. The van der Waals surface area contributed by atoms with Crippen molar-refractivity contribution in [3.8, 4) is 0 Å². The molecule has 0 radical (unpaired) electrons. The van der Waals surface area contributed by atoms with Crippen molar-refractivity contribution >= 4 is 15.9 Å². The second kappa shape index (κ2) is 4.28. The van der Waals surface area contributed by atoms with E-state index < -0.39 is 0 Å². The van der Waals surface area contributed by atoms with Gasteiger partial charge in [-0.05, 0) is 29.2 Å². The molecule has 0 aromatic heterocycles. The average molecular weight is 289 g/mol. The summed E-state index contributed by atoms with van der Waals surface area (Å²) in [5.74, 6) is 0.303. The van der Waals surface area contributed by atoms with Gasteiger partial charge in [-0.25, -0.2) is 0 Å². The van der Waals surface area contributed by atoms with E-state index >= 15 is 0 Å². The minimum atomic E-state index is -0.330. The largest absolute Gasteiger partial charge is 0.388 e. The van der Waals surface area contributed by atoms with E-state index in [2.05, 4.69) is 34.1 Å². The first kappa shape index (κ1) is 11.0. The summed E-state index contributed by atoms with van der Waals surface area (Å²) in [7, 11) is 0. The summed E-state index contributed by atoms with van der Waals surface area (Å²) in [5, 5.41) is 10.1. The van der Waals surface area contributed by atoms with Crippen LogP contribution in [-0.4, -0.2) is 5.11 Å². The van der Waals surface area contributed by atoms with Gasteiger partial charge in [0.05, 0.1) is 6.10 Å². The molecule has 1 aliphatic carbocycles. The summed E-state index contributed by atoms with van der Waals surface area (Å²) in [4.78, 5) is 0. The van der Waals surface area contributed by atoms with Gasteiger partial charge in [-0.3, -0.25) is 0 Å². The highest BCUT2D eigenvalue weighted by Crippen LogP contribution is 2.45. The van der Waals surface area contributed by atoms with E-state index in [9.17, 15) is 5.11 Å². The molecule has 1 nitrogen and oxygen atoms in total. The van der Waals surface area contributed by atoms with E-state index in [1.807, 2.05) is 30.3 Å². The molecule has 2 atom stereocenters. The van der Waals surface area contributed by atoms with Crippen molar-refractivity contribution in [2.75, 3.05) is 0 Å². The molecule has 0 bridgehead atoms. The normalized spacial score (nSPS) is 22.5. The predicted octanol–water partition coefficient (Wildman–Crippen LogP) is 4.02. The monoisotopic (exact) mass is 288 g/mol. The fourth-order valence-electron chi connectivity index (χ4n) is 2.66. The van der Waals surface area contributed by atoms with Crippen LogP contribution < -0.4 is 0 Å². The highest BCUT2D eigenvalue weighted by molar-refractivity contribution is 9.10. The molecule has 2 aromatic rings. The van der Waals surface area contributed by atoms with Crippen LogP contribution in [0, 0.1) is 0 Å². The van der Waals surface area contributed by atoms with Crippen molar-refractivity contribution in [1.82, 2.24) is 0 Å². The van der Waals surface area contributed by atoms with Gasteiger partial charge in [-0.15, -0.1) is 0 Å². The number of rotatable bonds is 1. The Morgan fingerprint density at radius 1 is 0.882 bits per heavy atom. The van der Waals surface area contributed by atoms with E-state index in [-0.39, 0.29) is 6.10 Å². The van der Waals surface area contributed by atoms with E-state index in [0.717, 1.165) is 16.5 Å². The molecule has 2 aromatic carbocycles. The maximum absolute atomic E-state index is 10.1. The van der Waals surface area contributed by atoms with Crippen LogP contribution >= 0.6 is 15.9 Å². The number of fused-ring (bicyclic) bond motifs is 1. The maximum atomic E-state index is 10.1. The third-order valence-electron chi connectivity index (χ3n) is 3.47. The van der Waals surface area contributed by atoms with Gasteiger partial charge in [0.15, 0.2) is 0 Å². The van der Waals surface area contributed by atoms with Crippen LogP contribution in [0.15, 0.2) is 53.0 Å². The van der Waals surface area contributed by atoms with Crippen LogP contribution in [0.25, 0.3) is 0 Å². The standard InChI is InChI=1S/C15H13BrO/c16-14-8-4-3-6-11(14)13-9-15(17)12-7-2-1-5-10(12)13/h1-8,13,15,17H,9H2. The zero-order valence-corrected chi connectivity index (χ0v) is 10.9. The van der Waals surface area contributed by atoms with Crippen LogP contribution in [-0.2, 0) is 0 Å². The molecular formula is C15H13BrO. The zero-order chi connectivity index (χ0) is 11.8. The average Bonchev–Trinajstić information content (AvgIpc) is 2.68. The number of benzene rings is 2. The van der Waals surface area contributed by atoms with Gasteiger partial charge in [0.1, 0.15) is 0 Å². The van der Waals surface area contributed by atoms with Crippen LogP contribution in [0.3, 0.4) is 0 Å². The summed E-state index contributed by atoms with van der Waals surface area (Å²) in [6.45, 7) is 0. The fourth-order valence-corrected chi connectivity index (χ4v) is 3.22. The lowest BCUT2D eigenvalue weighted by molar-refractivity contribution is 0.176. The smallest absolute Gasteiger partial charge is 0.0802 e. The Morgan fingerprint density at radius 2 is 1.47 bits per heavy atom. The van der Waals surface area contributed by atoms with Gasteiger partial charge < -0.3 is 5.11 Å². The van der Waals surface area contributed by atoms with Gasteiger partial charge >= 0.3 is 0 Å². The molecule has 86 valence electrons. The van der Waals surface area contributed by atoms with Gasteiger partial charge in [0.25, 0.3) is 0 Å². The molecule has 0 aliphatic heterocycles. The van der Waals surface area contributed by atoms with E-state index in [1.54, 1.807) is 0 Å². The first-order chi connectivity index (χ1) is 8.27. The summed E-state index contributed by atoms with van der Waals surface area (Å²) >= 11 is 3.60. The minimum Gasteiger partial charge on any atom is -0.388 e. The lowest BCUT2D eigenvalue weighted by atomic mass is 9.93. The Hall–Kier alpha value is -1.12. The summed E-state index contributed by atoms with van der Waals surface area (Å²) in [5.41, 5.74) is 3.59. The SMILES string of the molecule is OC1CC(c2ccccc2Br)c2ccccc21. The molecule has 0 saturated heterocycles. The van der Waals surface area contributed by atoms with Crippen molar-refractivity contribution in [1.29, 1.82) is 0 Å². The molecule has 2 heteroatoms. The number of halogens is 1. The van der Waals surface area contributed by atoms with E-state index in [1.165, 1.54) is 11.1 Å². The predicted molar refractivity (Wildman–Crippen MR) is 72.0 cm³/mol. The summed E-state index contributed by atoms with van der Waals surface area (Å²) < 4.78 is 1.12. The lowest BCUT2D eigenvalue weighted by Crippen LogP contribution is -1.97. The molecule has 2 unspecified atom stereocenters. The quantitative estimate of drug-likeness (QED) is 0.840. The van der Waals surface area contributed by atoms with E-state index in [4.69, 9.17) is 0 Å². The van der Waals surface area contributed by atoms with Gasteiger partial charge in [0, 0.05) is 10.4 Å². The number of aliphatic hydroxyl groups is 1. The van der Waals surface area contributed by atoms with Crippen molar-refractivity contribution in [2.45, 2.75) is 18.4 Å². The van der Waals surface area contributed by atoms with Crippen LogP contribution in [0.2, 0.25) is 0 Å². The topological polar surface area (TPSA) is 20.2 Å². The molecule has 1 N–H and O–H groups in total. The molecule has 1 aliphatic rings. The summed E-state index contributed by atoms with van der Waals surface area (Å²) in [6.07, 6.45) is 0.449. The Morgan fingerprint density at radius 3 is 2.18 bits per heavy atom. The second-order valence-electron chi connectivity index (χ2n) is 4.45. The van der Waals surface area contributed by atoms with E-state index in [0.29, 0.717) is 5.92 Å². The van der Waals surface area contributed by atoms with Gasteiger partial charge in [0.2, 0.25) is 0 Å². The number of hydrogen-bond acceptors (Lipinski definition) is 1. The molecule has 0 saturated carbocycles. The summed E-state index contributed by atoms with van der Waals surface area (Å²) in [6, 6.07) is 16.4. The molecule has 0 spiro atoms. The van der Waals surface area contributed by atoms with Crippen LogP contribution in [0.4, 0.5) is 0 Å². The maximum Gasteiger partial charge on any atom is 0.0802 e. The fraction of sp³-hybridized carbons (Fsp3) is 0.200. The highest BCUT2D eigenvalue weighted by atomic mass is 79.9. The third kappa shape index (κ3) is 1.81. The lowest BCUT2D eigenvalue weighted by Gasteiger charge is -2.13. The number of aliphatic hydroxyl groups excluding tert-OH is 1. The van der Waals surface area contributed by atoms with Crippen molar-refractivity contribution in [3.05, 3.63) is 69.7 Å². The molecule has 0 heterocycles. The first-order valence-corrected chi connectivity index (χ1v) is 6.58. The van der Waals surface area contributed by atoms with Crippen LogP contribution in [0.5, 0.6) is 0 Å². The molecule has 3 rings (SSSR count).